The molecular weight excluding hydrogens is 646 g/mol. The van der Waals surface area contributed by atoms with E-state index in [1.165, 1.54) is 48.5 Å². The summed E-state index contributed by atoms with van der Waals surface area (Å²) in [5.41, 5.74) is 0.247. The van der Waals surface area contributed by atoms with Gasteiger partial charge in [-0.15, -0.1) is 0 Å². The largest absolute Gasteiger partial charge is 0.462 e. The third-order valence-electron chi connectivity index (χ3n) is 5.25. The highest BCUT2D eigenvalue weighted by Gasteiger charge is 2.10. The van der Waals surface area contributed by atoms with Gasteiger partial charge < -0.3 is 9.47 Å². The SMILES string of the molecule is CCOC(=O)c1ccc(F)cc1.CCOC(=O)c1ccc([N+](=O)[O-])cc1.O=[N+]([O-])c1ccc(F)cc1.O=[N+]([O-])c1ccc([N+](=O)[O-])cc1. The third-order valence-corrected chi connectivity index (χ3v) is 5.25. The molecular formula is C30H26F2N4O12. The highest BCUT2D eigenvalue weighted by Crippen LogP contribution is 2.17. The zero-order chi connectivity index (χ0) is 36.2. The lowest BCUT2D eigenvalue weighted by atomic mass is 10.2. The summed E-state index contributed by atoms with van der Waals surface area (Å²) in [5, 5.41) is 40.5. The Morgan fingerprint density at radius 2 is 0.688 bits per heavy atom. The molecule has 4 aromatic rings. The average Bonchev–Trinajstić information content (AvgIpc) is 3.06. The number of carbonyl (C=O) groups is 2. The van der Waals surface area contributed by atoms with Crippen LogP contribution in [0.2, 0.25) is 0 Å². The number of rotatable bonds is 8. The molecule has 16 nitrogen and oxygen atoms in total. The molecule has 0 fully saturated rings. The number of nitro groups is 4. The van der Waals surface area contributed by atoms with Crippen molar-refractivity contribution in [1.29, 1.82) is 0 Å². The summed E-state index contributed by atoms with van der Waals surface area (Å²) < 4.78 is 33.9. The van der Waals surface area contributed by atoms with Gasteiger partial charge in [-0.2, -0.15) is 0 Å². The maximum Gasteiger partial charge on any atom is 0.338 e. The molecule has 18 heteroatoms. The molecule has 0 radical (unpaired) electrons. The van der Waals surface area contributed by atoms with E-state index in [2.05, 4.69) is 0 Å². The van der Waals surface area contributed by atoms with Crippen LogP contribution in [0.15, 0.2) is 97.1 Å². The zero-order valence-electron chi connectivity index (χ0n) is 25.1. The van der Waals surface area contributed by atoms with Crippen LogP contribution in [0.25, 0.3) is 0 Å². The summed E-state index contributed by atoms with van der Waals surface area (Å²) >= 11 is 0. The number of nitrogens with zero attached hydrogens (tertiary/aromatic N) is 4. The van der Waals surface area contributed by atoms with Crippen molar-refractivity contribution in [2.45, 2.75) is 13.8 Å². The van der Waals surface area contributed by atoms with E-state index in [0.717, 1.165) is 48.5 Å². The van der Waals surface area contributed by atoms with Gasteiger partial charge in [-0.25, -0.2) is 18.4 Å². The number of hydrogen-bond donors (Lipinski definition) is 0. The highest BCUT2D eigenvalue weighted by atomic mass is 19.1. The Morgan fingerprint density at radius 3 is 0.938 bits per heavy atom. The lowest BCUT2D eigenvalue weighted by Crippen LogP contribution is -2.04. The maximum atomic E-state index is 12.4. The van der Waals surface area contributed by atoms with Crippen LogP contribution in [-0.4, -0.2) is 44.8 Å². The minimum absolute atomic E-state index is 0.0435. The fourth-order valence-corrected chi connectivity index (χ4v) is 2.99. The Labute approximate surface area is 269 Å². The fraction of sp³-hybridized carbons (Fsp3) is 0.133. The van der Waals surface area contributed by atoms with E-state index in [-0.39, 0.29) is 35.2 Å². The number of halogens is 2. The minimum Gasteiger partial charge on any atom is -0.462 e. The Morgan fingerprint density at radius 1 is 0.479 bits per heavy atom. The van der Waals surface area contributed by atoms with Gasteiger partial charge in [0.15, 0.2) is 0 Å². The van der Waals surface area contributed by atoms with Crippen molar-refractivity contribution in [3.05, 3.63) is 160 Å². The molecule has 48 heavy (non-hydrogen) atoms. The quantitative estimate of drug-likeness (QED) is 0.105. The summed E-state index contributed by atoms with van der Waals surface area (Å²) in [6.07, 6.45) is 0. The predicted octanol–water partition coefficient (Wildman–Crippen LogP) is 7.01. The second-order valence-electron chi connectivity index (χ2n) is 8.52. The van der Waals surface area contributed by atoms with Crippen LogP contribution in [-0.2, 0) is 9.47 Å². The molecule has 0 atom stereocenters. The molecule has 0 heterocycles. The molecule has 4 rings (SSSR count). The van der Waals surface area contributed by atoms with Crippen molar-refractivity contribution in [2.24, 2.45) is 0 Å². The summed E-state index contributed by atoms with van der Waals surface area (Å²) in [5.74, 6) is -1.71. The first-order valence-electron chi connectivity index (χ1n) is 13.3. The molecule has 0 unspecified atom stereocenters. The Balaban J connectivity index is 0.000000322. The van der Waals surface area contributed by atoms with Crippen molar-refractivity contribution in [2.75, 3.05) is 13.2 Å². The molecule has 0 aliphatic carbocycles. The van der Waals surface area contributed by atoms with Gasteiger partial charge >= 0.3 is 11.9 Å². The van der Waals surface area contributed by atoms with Gasteiger partial charge in [0.25, 0.3) is 22.7 Å². The highest BCUT2D eigenvalue weighted by molar-refractivity contribution is 5.89. The van der Waals surface area contributed by atoms with E-state index < -0.39 is 37.4 Å². The van der Waals surface area contributed by atoms with Gasteiger partial charge in [-0.05, 0) is 62.4 Å². The predicted molar refractivity (Wildman–Crippen MR) is 164 cm³/mol. The molecule has 0 saturated carbocycles. The normalized spacial score (nSPS) is 9.42. The van der Waals surface area contributed by atoms with E-state index in [9.17, 15) is 58.8 Å². The van der Waals surface area contributed by atoms with Crippen molar-refractivity contribution in [3.63, 3.8) is 0 Å². The molecule has 0 bridgehead atoms. The standard InChI is InChI=1S/C9H9FO2.C9H9NO4.C6H4FNO2.C6H4N2O4/c1-2-12-9(11)7-3-5-8(10)6-4-7;1-2-14-9(11)7-3-5-8(6-4-7)10(12)13;7-5-1-3-6(4-2-5)8(9)10;9-7(10)5-1-2-6(4-3-5)8(11)12/h3-6H,2H2,1H3;3-6H,2H2,1H3;1-4H;1-4H. The van der Waals surface area contributed by atoms with E-state index >= 15 is 0 Å². The second-order valence-corrected chi connectivity index (χ2v) is 8.52. The molecule has 0 spiro atoms. The van der Waals surface area contributed by atoms with Crippen molar-refractivity contribution in [3.8, 4) is 0 Å². The number of carbonyl (C=O) groups excluding carboxylic acids is 2. The smallest absolute Gasteiger partial charge is 0.338 e. The summed E-state index contributed by atoms with van der Waals surface area (Å²) in [6.45, 7) is 4.04. The van der Waals surface area contributed by atoms with E-state index in [1.807, 2.05) is 0 Å². The molecule has 0 aliphatic heterocycles. The first-order valence-corrected chi connectivity index (χ1v) is 13.3. The molecule has 0 amide bonds. The molecule has 0 N–H and O–H groups in total. The van der Waals surface area contributed by atoms with Crippen LogP contribution in [0.3, 0.4) is 0 Å². The molecule has 0 aliphatic rings. The van der Waals surface area contributed by atoms with Crippen LogP contribution in [0.4, 0.5) is 31.5 Å². The van der Waals surface area contributed by atoms with Crippen molar-refractivity contribution < 1.29 is 47.5 Å². The van der Waals surface area contributed by atoms with Gasteiger partial charge in [-0.1, -0.05) is 0 Å². The van der Waals surface area contributed by atoms with Crippen LogP contribution in [0.1, 0.15) is 34.6 Å². The fourth-order valence-electron chi connectivity index (χ4n) is 2.99. The van der Waals surface area contributed by atoms with Crippen LogP contribution >= 0.6 is 0 Å². The van der Waals surface area contributed by atoms with Crippen molar-refractivity contribution in [1.82, 2.24) is 0 Å². The van der Waals surface area contributed by atoms with Gasteiger partial charge in [0, 0.05) is 48.5 Å². The lowest BCUT2D eigenvalue weighted by Gasteiger charge is -2.00. The molecule has 4 aromatic carbocycles. The minimum atomic E-state index is -0.607. The number of non-ortho nitro benzene ring substituents is 4. The van der Waals surface area contributed by atoms with E-state index in [0.29, 0.717) is 17.7 Å². The summed E-state index contributed by atoms with van der Waals surface area (Å²) in [4.78, 5) is 60.4. The Kier molecular flexibility index (Phi) is 16.7. The molecule has 0 aromatic heterocycles. The van der Waals surface area contributed by atoms with Crippen LogP contribution in [0.5, 0.6) is 0 Å². The Hall–Kier alpha value is -6.72. The monoisotopic (exact) mass is 672 g/mol. The van der Waals surface area contributed by atoms with E-state index in [4.69, 9.17) is 9.47 Å². The second kappa shape index (κ2) is 20.3. The number of nitro benzene ring substituents is 4. The maximum absolute atomic E-state index is 12.4. The van der Waals surface area contributed by atoms with Crippen molar-refractivity contribution >= 4 is 34.7 Å². The number of esters is 2. The number of benzene rings is 4. The van der Waals surface area contributed by atoms with Gasteiger partial charge in [0.2, 0.25) is 0 Å². The number of ether oxygens (including phenoxy) is 2. The summed E-state index contributed by atoms with van der Waals surface area (Å²) in [7, 11) is 0. The molecule has 0 saturated heterocycles. The first kappa shape index (κ1) is 39.3. The summed E-state index contributed by atoms with van der Waals surface area (Å²) in [6, 6.07) is 19.3. The van der Waals surface area contributed by atoms with Gasteiger partial charge in [0.1, 0.15) is 11.6 Å². The topological polar surface area (TPSA) is 225 Å². The zero-order valence-corrected chi connectivity index (χ0v) is 25.1. The van der Waals surface area contributed by atoms with Gasteiger partial charge in [-0.3, -0.25) is 40.5 Å². The first-order chi connectivity index (χ1) is 22.7. The average molecular weight is 673 g/mol. The third kappa shape index (κ3) is 14.4. The van der Waals surface area contributed by atoms with Crippen LogP contribution in [0, 0.1) is 52.1 Å². The molecule has 252 valence electrons. The van der Waals surface area contributed by atoms with Gasteiger partial charge in [0.05, 0.1) is 44.0 Å². The Bertz CT molecular complexity index is 1650. The van der Waals surface area contributed by atoms with Crippen LogP contribution < -0.4 is 0 Å². The van der Waals surface area contributed by atoms with E-state index in [1.54, 1.807) is 13.8 Å². The lowest BCUT2D eigenvalue weighted by molar-refractivity contribution is -0.389. The number of hydrogen-bond acceptors (Lipinski definition) is 12.